The molecule has 21 heavy (non-hydrogen) atoms. The Morgan fingerprint density at radius 3 is 2.62 bits per heavy atom. The Morgan fingerprint density at radius 1 is 1.19 bits per heavy atom. The van der Waals surface area contributed by atoms with Gasteiger partial charge in [-0.1, -0.05) is 35.5 Å². The quantitative estimate of drug-likeness (QED) is 0.899. The second-order valence-electron chi connectivity index (χ2n) is 5.12. The van der Waals surface area contributed by atoms with Gasteiger partial charge in [-0.15, -0.1) is 0 Å². The van der Waals surface area contributed by atoms with Crippen LogP contribution in [-0.4, -0.2) is 10.1 Å². The van der Waals surface area contributed by atoms with Crippen molar-refractivity contribution in [1.82, 2.24) is 4.98 Å². The van der Waals surface area contributed by atoms with Crippen molar-refractivity contribution in [3.8, 4) is 5.88 Å². The van der Waals surface area contributed by atoms with Crippen molar-refractivity contribution >= 4 is 23.4 Å². The number of aromatic hydroxyl groups is 1. The Morgan fingerprint density at radius 2 is 1.90 bits per heavy atom. The van der Waals surface area contributed by atoms with E-state index in [1.807, 2.05) is 24.3 Å². The zero-order chi connectivity index (χ0) is 14.8. The first kappa shape index (κ1) is 14.7. The zero-order valence-electron chi connectivity index (χ0n) is 11.6. The van der Waals surface area contributed by atoms with E-state index in [1.165, 1.54) is 22.9 Å². The summed E-state index contributed by atoms with van der Waals surface area (Å²) in [6.07, 6.45) is 4.25. The Bertz CT molecular complexity index is 676. The molecule has 0 amide bonds. The van der Waals surface area contributed by atoms with Gasteiger partial charge < -0.3 is 10.8 Å². The predicted octanol–water partition coefficient (Wildman–Crippen LogP) is 3.93. The molecule has 0 aliphatic heterocycles. The highest BCUT2D eigenvalue weighted by Crippen LogP contribution is 2.40. The van der Waals surface area contributed by atoms with Crippen LogP contribution in [0.3, 0.4) is 0 Å². The molecule has 5 heteroatoms. The smallest absolute Gasteiger partial charge is 0.216 e. The number of nitrogens with zero attached hydrogens (tertiary/aromatic N) is 1. The molecule has 3 nitrogen and oxygen atoms in total. The molecule has 1 aromatic heterocycles. The first-order valence-corrected chi connectivity index (χ1v) is 8.26. The summed E-state index contributed by atoms with van der Waals surface area (Å²) in [7, 11) is 0. The molecular weight excluding hydrogens is 304 g/mol. The molecule has 2 aromatic rings. The van der Waals surface area contributed by atoms with Gasteiger partial charge in [0.1, 0.15) is 5.03 Å². The van der Waals surface area contributed by atoms with E-state index in [4.69, 9.17) is 17.3 Å². The van der Waals surface area contributed by atoms with Gasteiger partial charge in [-0.25, -0.2) is 4.98 Å². The molecule has 0 spiro atoms. The van der Waals surface area contributed by atoms with E-state index in [9.17, 15) is 5.11 Å². The lowest BCUT2D eigenvalue weighted by Gasteiger charge is -2.22. The monoisotopic (exact) mass is 320 g/mol. The minimum absolute atomic E-state index is 0.0627. The number of aromatic nitrogens is 1. The fraction of sp³-hybridized carbons (Fsp3) is 0.312. The lowest BCUT2D eigenvalue weighted by atomic mass is 9.90. The highest BCUT2D eigenvalue weighted by atomic mass is 35.5. The molecule has 0 atom stereocenters. The van der Waals surface area contributed by atoms with Gasteiger partial charge in [0.2, 0.25) is 5.88 Å². The maximum absolute atomic E-state index is 10.2. The summed E-state index contributed by atoms with van der Waals surface area (Å²) in [6, 6.07) is 7.70. The summed E-state index contributed by atoms with van der Waals surface area (Å²) < 4.78 is 0. The van der Waals surface area contributed by atoms with Crippen molar-refractivity contribution in [3.63, 3.8) is 0 Å². The van der Waals surface area contributed by atoms with E-state index in [0.29, 0.717) is 11.6 Å². The fourth-order valence-corrected chi connectivity index (χ4v) is 4.02. The summed E-state index contributed by atoms with van der Waals surface area (Å²) in [6.45, 7) is 0.332. The Balaban J connectivity index is 2.07. The first-order valence-electron chi connectivity index (χ1n) is 7.06. The summed E-state index contributed by atoms with van der Waals surface area (Å²) in [4.78, 5) is 5.33. The van der Waals surface area contributed by atoms with Crippen LogP contribution in [-0.2, 0) is 19.4 Å². The Hall–Kier alpha value is -1.23. The normalized spacial score (nSPS) is 14.0. The molecule has 110 valence electrons. The molecule has 0 fully saturated rings. The van der Waals surface area contributed by atoms with Crippen molar-refractivity contribution < 1.29 is 5.11 Å². The number of rotatable bonds is 3. The van der Waals surface area contributed by atoms with Crippen molar-refractivity contribution in [1.29, 1.82) is 0 Å². The fourth-order valence-electron chi connectivity index (χ4n) is 2.77. The molecule has 0 saturated heterocycles. The van der Waals surface area contributed by atoms with Crippen LogP contribution in [0.5, 0.6) is 5.88 Å². The third kappa shape index (κ3) is 2.89. The molecule has 0 saturated carbocycles. The second-order valence-corrected chi connectivity index (χ2v) is 6.56. The Labute approximate surface area is 133 Å². The SMILES string of the molecule is NCc1c(O)nc(Sc2ccccc2Cl)c2c1CCCC2. The number of hydrogen-bond acceptors (Lipinski definition) is 4. The maximum Gasteiger partial charge on any atom is 0.216 e. The molecule has 3 rings (SSSR count). The zero-order valence-corrected chi connectivity index (χ0v) is 13.2. The van der Waals surface area contributed by atoms with Gasteiger partial charge >= 0.3 is 0 Å². The minimum atomic E-state index is 0.0627. The van der Waals surface area contributed by atoms with Crippen LogP contribution < -0.4 is 5.73 Å². The molecule has 0 unspecified atom stereocenters. The van der Waals surface area contributed by atoms with Gasteiger partial charge in [-0.05, 0) is 48.9 Å². The average molecular weight is 321 g/mol. The van der Waals surface area contributed by atoms with E-state index in [-0.39, 0.29) is 5.88 Å². The van der Waals surface area contributed by atoms with Crippen LogP contribution in [0.25, 0.3) is 0 Å². The molecule has 0 radical (unpaired) electrons. The lowest BCUT2D eigenvalue weighted by Crippen LogP contribution is -2.12. The van der Waals surface area contributed by atoms with Crippen molar-refractivity contribution in [2.75, 3.05) is 0 Å². The van der Waals surface area contributed by atoms with Crippen LogP contribution >= 0.6 is 23.4 Å². The van der Waals surface area contributed by atoms with E-state index in [1.54, 1.807) is 0 Å². The summed E-state index contributed by atoms with van der Waals surface area (Å²) in [5.41, 5.74) is 8.99. The van der Waals surface area contributed by atoms with Crippen LogP contribution in [0.4, 0.5) is 0 Å². The van der Waals surface area contributed by atoms with E-state index in [0.717, 1.165) is 41.2 Å². The molecule has 1 aliphatic rings. The molecule has 1 aliphatic carbocycles. The standard InChI is InChI=1S/C16H17ClN2OS/c17-13-7-3-4-8-14(13)21-16-11-6-2-1-5-10(11)12(9-18)15(20)19-16/h3-4,7-8H,1-2,5-6,9,18H2,(H,19,20). The topological polar surface area (TPSA) is 59.1 Å². The van der Waals surface area contributed by atoms with Gasteiger partial charge in [0.15, 0.2) is 0 Å². The largest absolute Gasteiger partial charge is 0.493 e. The molecule has 1 heterocycles. The number of benzene rings is 1. The maximum atomic E-state index is 10.2. The van der Waals surface area contributed by atoms with Gasteiger partial charge in [0.05, 0.1) is 5.02 Å². The Kier molecular flexibility index (Phi) is 4.38. The highest BCUT2D eigenvalue weighted by Gasteiger charge is 2.22. The van der Waals surface area contributed by atoms with Gasteiger partial charge in [0.25, 0.3) is 0 Å². The van der Waals surface area contributed by atoms with Crippen LogP contribution in [0.2, 0.25) is 5.02 Å². The first-order chi connectivity index (χ1) is 10.2. The number of pyridine rings is 1. The number of hydrogen-bond donors (Lipinski definition) is 2. The van der Waals surface area contributed by atoms with Crippen molar-refractivity contribution in [2.45, 2.75) is 42.1 Å². The van der Waals surface area contributed by atoms with E-state index in [2.05, 4.69) is 4.98 Å². The molecule has 0 bridgehead atoms. The van der Waals surface area contributed by atoms with Gasteiger partial charge in [-0.2, -0.15) is 0 Å². The van der Waals surface area contributed by atoms with Crippen molar-refractivity contribution in [3.05, 3.63) is 46.0 Å². The van der Waals surface area contributed by atoms with Crippen LogP contribution in [0.1, 0.15) is 29.5 Å². The van der Waals surface area contributed by atoms with Crippen LogP contribution in [0.15, 0.2) is 34.2 Å². The molecule has 1 aromatic carbocycles. The number of nitrogens with two attached hydrogens (primary N) is 1. The summed E-state index contributed by atoms with van der Waals surface area (Å²) in [5, 5.41) is 11.7. The average Bonchev–Trinajstić information content (AvgIpc) is 2.50. The van der Waals surface area contributed by atoms with Crippen LogP contribution in [0, 0.1) is 0 Å². The number of fused-ring (bicyclic) bond motifs is 1. The third-order valence-corrected chi connectivity index (χ3v) is 5.36. The predicted molar refractivity (Wildman–Crippen MR) is 86.0 cm³/mol. The lowest BCUT2D eigenvalue weighted by molar-refractivity contribution is 0.436. The number of halogens is 1. The van der Waals surface area contributed by atoms with Crippen molar-refractivity contribution in [2.24, 2.45) is 5.73 Å². The molecule has 3 N–H and O–H groups in total. The minimum Gasteiger partial charge on any atom is -0.493 e. The summed E-state index contributed by atoms with van der Waals surface area (Å²) >= 11 is 7.74. The summed E-state index contributed by atoms with van der Waals surface area (Å²) in [5.74, 6) is 0.0627. The second kappa shape index (κ2) is 6.26. The van der Waals surface area contributed by atoms with Gasteiger partial charge in [-0.3, -0.25) is 0 Å². The van der Waals surface area contributed by atoms with Gasteiger partial charge in [0, 0.05) is 17.0 Å². The third-order valence-electron chi connectivity index (χ3n) is 3.82. The molecular formula is C16H17ClN2OS. The highest BCUT2D eigenvalue weighted by molar-refractivity contribution is 7.99. The van der Waals surface area contributed by atoms with E-state index < -0.39 is 0 Å². The van der Waals surface area contributed by atoms with E-state index >= 15 is 0 Å².